The van der Waals surface area contributed by atoms with Gasteiger partial charge in [-0.3, -0.25) is 14.4 Å². The van der Waals surface area contributed by atoms with Gasteiger partial charge in [0.25, 0.3) is 0 Å². The average molecular weight is 615 g/mol. The highest BCUT2D eigenvalue weighted by molar-refractivity contribution is 5.82. The van der Waals surface area contributed by atoms with E-state index in [4.69, 9.17) is 4.84 Å². The second-order valence-electron chi connectivity index (χ2n) is 14.4. The van der Waals surface area contributed by atoms with Crippen molar-refractivity contribution in [2.24, 2.45) is 29.6 Å². The van der Waals surface area contributed by atoms with Crippen LogP contribution in [0.2, 0.25) is 0 Å². The molecule has 4 unspecified atom stereocenters. The number of carbonyl (C=O) groups is 2. The van der Waals surface area contributed by atoms with Crippen molar-refractivity contribution in [2.75, 3.05) is 39.3 Å². The van der Waals surface area contributed by atoms with E-state index in [-0.39, 0.29) is 30.3 Å². The van der Waals surface area contributed by atoms with Crippen molar-refractivity contribution in [3.8, 4) is 11.8 Å². The molecule has 0 aromatic heterocycles. The summed E-state index contributed by atoms with van der Waals surface area (Å²) in [6, 6.07) is 0.0931. The molecule has 5 aliphatic rings. The van der Waals surface area contributed by atoms with E-state index in [0.29, 0.717) is 25.6 Å². The fourth-order valence-electron chi connectivity index (χ4n) is 8.95. The van der Waals surface area contributed by atoms with Crippen LogP contribution in [-0.2, 0) is 14.4 Å². The Morgan fingerprint density at radius 1 is 0.955 bits per heavy atom. The van der Waals surface area contributed by atoms with Crippen LogP contribution in [0.15, 0.2) is 0 Å². The molecule has 3 saturated carbocycles. The summed E-state index contributed by atoms with van der Waals surface area (Å²) in [6.07, 6.45) is 15.8. The van der Waals surface area contributed by atoms with Crippen LogP contribution in [0.4, 0.5) is 0 Å². The number of hydroxylamine groups is 2. The zero-order valence-electron chi connectivity index (χ0n) is 27.1. The summed E-state index contributed by atoms with van der Waals surface area (Å²) < 4.78 is 0. The van der Waals surface area contributed by atoms with Crippen molar-refractivity contribution < 1.29 is 24.6 Å². The molecule has 44 heavy (non-hydrogen) atoms. The van der Waals surface area contributed by atoms with Crippen molar-refractivity contribution >= 4 is 11.8 Å². The molecule has 9 nitrogen and oxygen atoms in total. The van der Waals surface area contributed by atoms with Crippen LogP contribution in [0, 0.1) is 41.4 Å². The van der Waals surface area contributed by atoms with Gasteiger partial charge in [0, 0.05) is 43.4 Å². The van der Waals surface area contributed by atoms with Crippen molar-refractivity contribution in [3.05, 3.63) is 0 Å². The van der Waals surface area contributed by atoms with Crippen molar-refractivity contribution in [1.82, 2.24) is 20.6 Å². The lowest BCUT2D eigenvalue weighted by atomic mass is 9.81. The number of aliphatic hydroxyl groups excluding tert-OH is 2. The molecule has 0 aromatic carbocycles. The summed E-state index contributed by atoms with van der Waals surface area (Å²) >= 11 is 0. The number of nitrogens with one attached hydrogen (secondary N) is 2. The lowest BCUT2D eigenvalue weighted by Crippen LogP contribution is -2.50. The molecule has 3 aliphatic carbocycles. The first-order chi connectivity index (χ1) is 21.4. The summed E-state index contributed by atoms with van der Waals surface area (Å²) in [4.78, 5) is 34.8. The van der Waals surface area contributed by atoms with Gasteiger partial charge >= 0.3 is 0 Å². The Balaban J connectivity index is 1.10. The minimum Gasteiger partial charge on any atom is -0.394 e. The highest BCUT2D eigenvalue weighted by Crippen LogP contribution is 2.37. The minimum absolute atomic E-state index is 0.121. The number of carbonyl (C=O) groups excluding carboxylic acids is 2. The first-order valence-electron chi connectivity index (χ1n) is 17.9. The molecule has 4 N–H and O–H groups in total. The molecule has 0 bridgehead atoms. The predicted molar refractivity (Wildman–Crippen MR) is 170 cm³/mol. The van der Waals surface area contributed by atoms with Gasteiger partial charge in [-0.25, -0.2) is 0 Å². The maximum absolute atomic E-state index is 13.6. The molecule has 2 saturated heterocycles. The first-order valence-corrected chi connectivity index (χ1v) is 17.9. The molecule has 2 aliphatic heterocycles. The normalized spacial score (nSPS) is 34.1. The molecule has 0 radical (unpaired) electrons. The number of aliphatic hydroxyl groups is 2. The Morgan fingerprint density at radius 2 is 1.75 bits per heavy atom. The highest BCUT2D eigenvalue weighted by atomic mass is 16.7. The number of likely N-dealkylation sites (tertiary alicyclic amines) is 1. The van der Waals surface area contributed by atoms with E-state index < -0.39 is 24.2 Å². The fourth-order valence-corrected chi connectivity index (χ4v) is 8.95. The highest BCUT2D eigenvalue weighted by Gasteiger charge is 2.49. The molecule has 0 aromatic rings. The van der Waals surface area contributed by atoms with Crippen LogP contribution in [0.3, 0.4) is 0 Å². The average Bonchev–Trinajstić information content (AvgIpc) is 3.63. The third kappa shape index (κ3) is 8.76. The van der Waals surface area contributed by atoms with E-state index in [9.17, 15) is 19.8 Å². The van der Waals surface area contributed by atoms with Crippen LogP contribution in [0.1, 0.15) is 103 Å². The Labute approximate surface area is 265 Å². The topological polar surface area (TPSA) is 114 Å². The molecular formula is C35H58N4O5. The molecule has 5 rings (SSSR count). The van der Waals surface area contributed by atoms with E-state index in [0.717, 1.165) is 76.3 Å². The molecular weight excluding hydrogens is 556 g/mol. The number of nitrogens with zero attached hydrogens (tertiary/aromatic N) is 2. The molecule has 9 heteroatoms. The van der Waals surface area contributed by atoms with Gasteiger partial charge in [-0.05, 0) is 83.1 Å². The SMILES string of the molecule is C[C@@H](O)[C@H]1[C@@H](CO)ON(CC2CCCC(C#CCNC(=O)C3CCCCC3)C2)[C@H]1C(=O)NCCCN1CCC2CCCCC21. The van der Waals surface area contributed by atoms with E-state index in [2.05, 4.69) is 27.4 Å². The zero-order chi connectivity index (χ0) is 30.9. The van der Waals surface area contributed by atoms with Gasteiger partial charge in [-0.1, -0.05) is 50.4 Å². The van der Waals surface area contributed by atoms with E-state index in [1.807, 2.05) is 0 Å². The van der Waals surface area contributed by atoms with E-state index >= 15 is 0 Å². The molecule has 0 spiro atoms. The van der Waals surface area contributed by atoms with Gasteiger partial charge in [0.15, 0.2) is 0 Å². The van der Waals surface area contributed by atoms with E-state index in [1.54, 1.807) is 12.0 Å². The minimum atomic E-state index is -0.783. The van der Waals surface area contributed by atoms with Crippen LogP contribution in [0.25, 0.3) is 0 Å². The maximum atomic E-state index is 13.6. The molecule has 5 fully saturated rings. The van der Waals surface area contributed by atoms with Gasteiger partial charge < -0.3 is 25.7 Å². The monoisotopic (exact) mass is 614 g/mol. The Bertz CT molecular complexity index is 991. The Kier molecular flexibility index (Phi) is 12.8. The van der Waals surface area contributed by atoms with Crippen molar-refractivity contribution in [3.63, 3.8) is 0 Å². The van der Waals surface area contributed by atoms with Crippen LogP contribution < -0.4 is 10.6 Å². The third-order valence-corrected chi connectivity index (χ3v) is 11.3. The van der Waals surface area contributed by atoms with Gasteiger partial charge in [0.2, 0.25) is 11.8 Å². The van der Waals surface area contributed by atoms with Crippen LogP contribution in [-0.4, -0.2) is 95.6 Å². The molecule has 248 valence electrons. The molecule has 2 amide bonds. The molecule has 8 atom stereocenters. The van der Waals surface area contributed by atoms with E-state index in [1.165, 1.54) is 45.1 Å². The number of hydrogen-bond acceptors (Lipinski definition) is 7. The van der Waals surface area contributed by atoms with Gasteiger partial charge in [0.1, 0.15) is 12.1 Å². The van der Waals surface area contributed by atoms with Crippen LogP contribution in [0.5, 0.6) is 0 Å². The molecule has 2 heterocycles. The third-order valence-electron chi connectivity index (χ3n) is 11.3. The summed E-state index contributed by atoms with van der Waals surface area (Å²) in [5.41, 5.74) is 0. The standard InChI is InChI=1S/C35H58N4O5/c1-25(41)32-31(24-40)44-39(33(32)35(43)37-19-9-20-38-21-17-28-13-5-6-16-30(28)38)23-27-11-7-10-26(22-27)12-8-18-36-34(42)29-14-3-2-4-15-29/h25-33,40-41H,2-7,9-11,13-24H2,1H3,(H,36,42)(H,37,43)/t25-,26?,27?,28?,30?,31-,32+,33-/m1/s1. The quantitative estimate of drug-likeness (QED) is 0.209. The van der Waals surface area contributed by atoms with Crippen molar-refractivity contribution in [1.29, 1.82) is 0 Å². The number of hydrogen-bond donors (Lipinski definition) is 4. The summed E-state index contributed by atoms with van der Waals surface area (Å²) in [6.45, 7) is 5.22. The predicted octanol–water partition coefficient (Wildman–Crippen LogP) is 3.24. The summed E-state index contributed by atoms with van der Waals surface area (Å²) in [5.74, 6) is 7.72. The second-order valence-corrected chi connectivity index (χ2v) is 14.4. The first kappa shape index (κ1) is 33.7. The smallest absolute Gasteiger partial charge is 0.240 e. The lowest BCUT2D eigenvalue weighted by Gasteiger charge is -2.32. The summed E-state index contributed by atoms with van der Waals surface area (Å²) in [5, 5.41) is 28.7. The zero-order valence-corrected chi connectivity index (χ0v) is 27.1. The Hall–Kier alpha value is -1.70. The van der Waals surface area contributed by atoms with Gasteiger partial charge in [0.05, 0.1) is 19.3 Å². The lowest BCUT2D eigenvalue weighted by molar-refractivity contribution is -0.183. The number of amides is 2. The largest absolute Gasteiger partial charge is 0.394 e. The number of fused-ring (bicyclic) bond motifs is 1. The van der Waals surface area contributed by atoms with Crippen molar-refractivity contribution in [2.45, 2.75) is 128 Å². The van der Waals surface area contributed by atoms with Gasteiger partial charge in [-0.2, -0.15) is 5.06 Å². The number of rotatable bonds is 11. The second kappa shape index (κ2) is 16.7. The van der Waals surface area contributed by atoms with Crippen LogP contribution >= 0.6 is 0 Å². The van der Waals surface area contributed by atoms with Gasteiger partial charge in [-0.15, -0.1) is 0 Å². The maximum Gasteiger partial charge on any atom is 0.240 e. The fraction of sp³-hybridized carbons (Fsp3) is 0.886. The Morgan fingerprint density at radius 3 is 2.55 bits per heavy atom. The summed E-state index contributed by atoms with van der Waals surface area (Å²) in [7, 11) is 0.